The molecular formula is C14H11ClN2O4S. The number of halogens is 1. The van der Waals surface area contributed by atoms with Crippen LogP contribution in [0.3, 0.4) is 0 Å². The second-order valence-corrected chi connectivity index (χ2v) is 6.20. The Morgan fingerprint density at radius 1 is 1.27 bits per heavy atom. The molecule has 0 spiro atoms. The molecule has 0 unspecified atom stereocenters. The van der Waals surface area contributed by atoms with Crippen molar-refractivity contribution < 1.29 is 17.3 Å². The van der Waals surface area contributed by atoms with Crippen molar-refractivity contribution >= 4 is 21.7 Å². The molecule has 0 saturated carbocycles. The van der Waals surface area contributed by atoms with Gasteiger partial charge in [-0.2, -0.15) is 13.7 Å². The smallest absolute Gasteiger partial charge is 0.340 e. The van der Waals surface area contributed by atoms with Crippen LogP contribution in [-0.2, 0) is 10.1 Å². The largest absolute Gasteiger partial charge is 0.493 e. The summed E-state index contributed by atoms with van der Waals surface area (Å²) in [6.07, 6.45) is 1.11. The van der Waals surface area contributed by atoms with Gasteiger partial charge in [-0.05, 0) is 30.7 Å². The minimum atomic E-state index is -4.09. The van der Waals surface area contributed by atoms with Gasteiger partial charge in [0.15, 0.2) is 11.5 Å². The fourth-order valence-electron chi connectivity index (χ4n) is 1.64. The molecule has 2 rings (SSSR count). The summed E-state index contributed by atoms with van der Waals surface area (Å²) in [5.41, 5.74) is 0.837. The average Bonchev–Trinajstić information content (AvgIpc) is 2.50. The molecule has 2 aromatic rings. The second kappa shape index (κ2) is 6.22. The maximum Gasteiger partial charge on any atom is 0.340 e. The van der Waals surface area contributed by atoms with E-state index < -0.39 is 10.1 Å². The van der Waals surface area contributed by atoms with Gasteiger partial charge in [-0.15, -0.1) is 0 Å². The number of nitriles is 1. The Hall–Kier alpha value is -2.30. The fourth-order valence-corrected chi connectivity index (χ4v) is 2.72. The number of rotatable bonds is 4. The Bertz CT molecular complexity index is 860. The lowest BCUT2D eigenvalue weighted by Gasteiger charge is -2.11. The van der Waals surface area contributed by atoms with Crippen LogP contribution < -0.4 is 8.92 Å². The zero-order valence-electron chi connectivity index (χ0n) is 11.7. The molecule has 1 aromatic carbocycles. The summed E-state index contributed by atoms with van der Waals surface area (Å²) in [5, 5.41) is 9.05. The van der Waals surface area contributed by atoms with Crippen molar-refractivity contribution in [3.63, 3.8) is 0 Å². The van der Waals surface area contributed by atoms with Crippen LogP contribution in [0.1, 0.15) is 11.1 Å². The summed E-state index contributed by atoms with van der Waals surface area (Å²) in [4.78, 5) is 3.66. The van der Waals surface area contributed by atoms with E-state index in [9.17, 15) is 8.42 Å². The molecule has 0 bridgehead atoms. The van der Waals surface area contributed by atoms with Crippen LogP contribution >= 0.6 is 11.6 Å². The molecule has 0 fully saturated rings. The standard InChI is InChI=1S/C14H11ClN2O4S/c1-9-5-11(8-17-14(9)15)22(18,19)21-12-4-3-10(7-16)6-13(12)20-2/h3-6,8H,1-2H3. The zero-order valence-corrected chi connectivity index (χ0v) is 13.3. The quantitative estimate of drug-likeness (QED) is 0.629. The maximum absolute atomic E-state index is 12.3. The van der Waals surface area contributed by atoms with Gasteiger partial charge in [-0.3, -0.25) is 0 Å². The molecular weight excluding hydrogens is 328 g/mol. The summed E-state index contributed by atoms with van der Waals surface area (Å²) in [6, 6.07) is 7.46. The molecule has 0 radical (unpaired) electrons. The van der Waals surface area contributed by atoms with Gasteiger partial charge in [0.05, 0.1) is 24.9 Å². The summed E-state index contributed by atoms with van der Waals surface area (Å²) in [5.74, 6) is 0.121. The predicted molar refractivity (Wildman–Crippen MR) is 79.5 cm³/mol. The number of ether oxygens (including phenoxy) is 1. The minimum absolute atomic E-state index is 0.0193. The number of aryl methyl sites for hydroxylation is 1. The second-order valence-electron chi connectivity index (χ2n) is 4.29. The van der Waals surface area contributed by atoms with Crippen LogP contribution in [0.15, 0.2) is 35.4 Å². The number of methoxy groups -OCH3 is 1. The fraction of sp³-hybridized carbons (Fsp3) is 0.143. The first-order chi connectivity index (χ1) is 10.4. The highest BCUT2D eigenvalue weighted by Crippen LogP contribution is 2.30. The van der Waals surface area contributed by atoms with Crippen molar-refractivity contribution in [3.8, 4) is 17.6 Å². The summed E-state index contributed by atoms with van der Waals surface area (Å²) >= 11 is 5.77. The van der Waals surface area contributed by atoms with E-state index in [1.165, 1.54) is 31.4 Å². The first-order valence-electron chi connectivity index (χ1n) is 6.02. The van der Waals surface area contributed by atoms with Gasteiger partial charge in [0.25, 0.3) is 0 Å². The number of nitrogens with zero attached hydrogens (tertiary/aromatic N) is 2. The molecule has 1 heterocycles. The van der Waals surface area contributed by atoms with E-state index in [0.29, 0.717) is 11.1 Å². The van der Waals surface area contributed by atoms with Gasteiger partial charge in [-0.1, -0.05) is 11.6 Å². The van der Waals surface area contributed by atoms with Crippen LogP contribution in [0.5, 0.6) is 11.5 Å². The van der Waals surface area contributed by atoms with E-state index in [0.717, 1.165) is 6.20 Å². The van der Waals surface area contributed by atoms with E-state index in [2.05, 4.69) is 4.98 Å². The predicted octanol–water partition coefficient (Wildman–Crippen LogP) is 2.69. The first-order valence-corrected chi connectivity index (χ1v) is 7.81. The van der Waals surface area contributed by atoms with E-state index in [-0.39, 0.29) is 21.5 Å². The Labute approximate surface area is 133 Å². The molecule has 114 valence electrons. The SMILES string of the molecule is COc1cc(C#N)ccc1OS(=O)(=O)c1cnc(Cl)c(C)c1. The Kier molecular flexibility index (Phi) is 4.54. The van der Waals surface area contributed by atoms with E-state index in [1.54, 1.807) is 6.92 Å². The van der Waals surface area contributed by atoms with Crippen molar-refractivity contribution in [2.45, 2.75) is 11.8 Å². The van der Waals surface area contributed by atoms with Crippen LogP contribution in [-0.4, -0.2) is 20.5 Å². The third-order valence-corrected chi connectivity index (χ3v) is 4.37. The van der Waals surface area contributed by atoms with Gasteiger partial charge in [0.2, 0.25) is 0 Å². The van der Waals surface area contributed by atoms with Crippen molar-refractivity contribution in [1.29, 1.82) is 5.26 Å². The number of pyridine rings is 1. The lowest BCUT2D eigenvalue weighted by molar-refractivity contribution is 0.390. The van der Waals surface area contributed by atoms with E-state index >= 15 is 0 Å². The van der Waals surface area contributed by atoms with Crippen LogP contribution in [0.25, 0.3) is 0 Å². The number of aromatic nitrogens is 1. The van der Waals surface area contributed by atoms with E-state index in [4.69, 9.17) is 25.8 Å². The Morgan fingerprint density at radius 2 is 2.00 bits per heavy atom. The third-order valence-electron chi connectivity index (χ3n) is 2.77. The molecule has 0 amide bonds. The molecule has 6 nitrogen and oxygen atoms in total. The first kappa shape index (κ1) is 16.1. The van der Waals surface area contributed by atoms with Crippen LogP contribution in [0, 0.1) is 18.3 Å². The van der Waals surface area contributed by atoms with Gasteiger partial charge in [-0.25, -0.2) is 4.98 Å². The van der Waals surface area contributed by atoms with Crippen molar-refractivity contribution in [3.05, 3.63) is 46.7 Å². The molecule has 0 N–H and O–H groups in total. The van der Waals surface area contributed by atoms with Gasteiger partial charge >= 0.3 is 10.1 Å². The minimum Gasteiger partial charge on any atom is -0.493 e. The number of benzene rings is 1. The average molecular weight is 339 g/mol. The topological polar surface area (TPSA) is 89.3 Å². The number of hydrogen-bond acceptors (Lipinski definition) is 6. The summed E-state index contributed by atoms with van der Waals surface area (Å²) < 4.78 is 34.6. The third kappa shape index (κ3) is 3.30. The highest BCUT2D eigenvalue weighted by Gasteiger charge is 2.20. The highest BCUT2D eigenvalue weighted by molar-refractivity contribution is 7.87. The zero-order chi connectivity index (χ0) is 16.3. The number of hydrogen-bond donors (Lipinski definition) is 0. The molecule has 8 heteroatoms. The van der Waals surface area contributed by atoms with Crippen LogP contribution in [0.4, 0.5) is 0 Å². The normalized spacial score (nSPS) is 10.8. The molecule has 1 aromatic heterocycles. The summed E-state index contributed by atoms with van der Waals surface area (Å²) in [6.45, 7) is 1.64. The Morgan fingerprint density at radius 3 is 2.59 bits per heavy atom. The van der Waals surface area contributed by atoms with Crippen molar-refractivity contribution in [2.24, 2.45) is 0 Å². The van der Waals surface area contributed by atoms with E-state index in [1.807, 2.05) is 6.07 Å². The monoisotopic (exact) mass is 338 g/mol. The lowest BCUT2D eigenvalue weighted by Crippen LogP contribution is -2.11. The Balaban J connectivity index is 2.40. The van der Waals surface area contributed by atoms with Gasteiger partial charge < -0.3 is 8.92 Å². The lowest BCUT2D eigenvalue weighted by atomic mass is 10.2. The highest BCUT2D eigenvalue weighted by atomic mass is 35.5. The molecule has 0 aliphatic carbocycles. The van der Waals surface area contributed by atoms with Crippen molar-refractivity contribution in [1.82, 2.24) is 4.98 Å². The maximum atomic E-state index is 12.3. The molecule has 22 heavy (non-hydrogen) atoms. The molecule has 0 saturated heterocycles. The molecule has 0 aliphatic heterocycles. The molecule has 0 aliphatic rings. The summed E-state index contributed by atoms with van der Waals surface area (Å²) in [7, 11) is -2.74. The van der Waals surface area contributed by atoms with Gasteiger partial charge in [0.1, 0.15) is 10.0 Å². The van der Waals surface area contributed by atoms with Crippen molar-refractivity contribution in [2.75, 3.05) is 7.11 Å². The molecule has 0 atom stereocenters. The van der Waals surface area contributed by atoms with Crippen LogP contribution in [0.2, 0.25) is 5.15 Å². The van der Waals surface area contributed by atoms with Gasteiger partial charge in [0, 0.05) is 6.07 Å².